The molecule has 0 saturated heterocycles. The Bertz CT molecular complexity index is 435. The predicted molar refractivity (Wildman–Crippen MR) is 62.7 cm³/mol. The van der Waals surface area contributed by atoms with Crippen LogP contribution in [0.2, 0.25) is 10.0 Å². The molecule has 1 nitrogen and oxygen atoms in total. The number of hydrogen-bond acceptors (Lipinski definition) is 1. The minimum absolute atomic E-state index is 0.0139. The van der Waals surface area contributed by atoms with E-state index in [4.69, 9.17) is 23.2 Å². The summed E-state index contributed by atoms with van der Waals surface area (Å²) in [6.45, 7) is 0. The fourth-order valence-electron chi connectivity index (χ4n) is 1.73. The SMILES string of the molecule is O=C(C1=CCCC1)c1cccc(Cl)c1Cl. The van der Waals surface area contributed by atoms with E-state index in [2.05, 4.69) is 0 Å². The number of benzene rings is 1. The predicted octanol–water partition coefficient (Wildman–Crippen LogP) is 4.29. The first-order valence-corrected chi connectivity index (χ1v) is 5.63. The highest BCUT2D eigenvalue weighted by molar-refractivity contribution is 6.44. The largest absolute Gasteiger partial charge is 0.289 e. The summed E-state index contributed by atoms with van der Waals surface area (Å²) in [4.78, 5) is 12.0. The number of allylic oxidation sites excluding steroid dienone is 2. The van der Waals surface area contributed by atoms with Crippen LogP contribution in [0.5, 0.6) is 0 Å². The van der Waals surface area contributed by atoms with Crippen LogP contribution in [0.25, 0.3) is 0 Å². The molecule has 0 radical (unpaired) electrons. The summed E-state index contributed by atoms with van der Waals surface area (Å²) in [5.41, 5.74) is 1.37. The Labute approximate surface area is 98.7 Å². The van der Waals surface area contributed by atoms with E-state index in [1.54, 1.807) is 18.2 Å². The van der Waals surface area contributed by atoms with Gasteiger partial charge in [-0.2, -0.15) is 0 Å². The second-order valence-electron chi connectivity index (χ2n) is 3.55. The van der Waals surface area contributed by atoms with Crippen LogP contribution in [0.15, 0.2) is 29.8 Å². The topological polar surface area (TPSA) is 17.1 Å². The van der Waals surface area contributed by atoms with Crippen molar-refractivity contribution in [1.29, 1.82) is 0 Å². The zero-order chi connectivity index (χ0) is 10.8. The zero-order valence-corrected chi connectivity index (χ0v) is 9.61. The van der Waals surface area contributed by atoms with E-state index in [-0.39, 0.29) is 5.78 Å². The Morgan fingerprint density at radius 3 is 2.73 bits per heavy atom. The molecule has 1 aliphatic carbocycles. The van der Waals surface area contributed by atoms with Gasteiger partial charge in [0.2, 0.25) is 0 Å². The van der Waals surface area contributed by atoms with E-state index in [0.29, 0.717) is 15.6 Å². The molecule has 0 aliphatic heterocycles. The molecule has 0 unspecified atom stereocenters. The van der Waals surface area contributed by atoms with E-state index >= 15 is 0 Å². The van der Waals surface area contributed by atoms with Crippen molar-refractivity contribution in [3.05, 3.63) is 45.5 Å². The smallest absolute Gasteiger partial charge is 0.190 e. The lowest BCUT2D eigenvalue weighted by Gasteiger charge is -2.05. The third kappa shape index (κ3) is 2.09. The molecule has 0 bridgehead atoms. The van der Waals surface area contributed by atoms with E-state index < -0.39 is 0 Å². The van der Waals surface area contributed by atoms with Gasteiger partial charge in [0.25, 0.3) is 0 Å². The summed E-state index contributed by atoms with van der Waals surface area (Å²) >= 11 is 11.8. The second kappa shape index (κ2) is 4.38. The molecule has 3 heteroatoms. The summed E-state index contributed by atoms with van der Waals surface area (Å²) in [6.07, 6.45) is 4.87. The average molecular weight is 241 g/mol. The van der Waals surface area contributed by atoms with Gasteiger partial charge in [0.1, 0.15) is 0 Å². The summed E-state index contributed by atoms with van der Waals surface area (Å²) < 4.78 is 0. The molecule has 0 aromatic heterocycles. The highest BCUT2D eigenvalue weighted by atomic mass is 35.5. The number of rotatable bonds is 2. The summed E-state index contributed by atoms with van der Waals surface area (Å²) in [5, 5.41) is 0.790. The number of ketones is 1. The summed E-state index contributed by atoms with van der Waals surface area (Å²) in [5.74, 6) is 0.0139. The van der Waals surface area contributed by atoms with Crippen LogP contribution in [0.1, 0.15) is 29.6 Å². The molecule has 1 aliphatic rings. The fraction of sp³-hybridized carbons (Fsp3) is 0.250. The monoisotopic (exact) mass is 240 g/mol. The average Bonchev–Trinajstić information content (AvgIpc) is 2.74. The molecule has 0 saturated carbocycles. The van der Waals surface area contributed by atoms with E-state index in [9.17, 15) is 4.79 Å². The first-order valence-electron chi connectivity index (χ1n) is 4.88. The summed E-state index contributed by atoms with van der Waals surface area (Å²) in [7, 11) is 0. The quantitative estimate of drug-likeness (QED) is 0.706. The molecule has 0 spiro atoms. The van der Waals surface area contributed by atoms with Crippen LogP contribution >= 0.6 is 23.2 Å². The third-order valence-corrected chi connectivity index (χ3v) is 3.35. The van der Waals surface area contributed by atoms with Gasteiger partial charge in [-0.05, 0) is 37.0 Å². The highest BCUT2D eigenvalue weighted by Crippen LogP contribution is 2.29. The molecule has 2 rings (SSSR count). The minimum Gasteiger partial charge on any atom is -0.289 e. The lowest BCUT2D eigenvalue weighted by Crippen LogP contribution is -2.02. The Morgan fingerprint density at radius 1 is 1.27 bits per heavy atom. The molecule has 0 atom stereocenters. The number of Topliss-reactive ketones (excluding diaryl/α,β-unsaturated/α-hetero) is 1. The van der Waals surface area contributed by atoms with Crippen molar-refractivity contribution in [1.82, 2.24) is 0 Å². The maximum Gasteiger partial charge on any atom is 0.190 e. The second-order valence-corrected chi connectivity index (χ2v) is 4.34. The number of halogens is 2. The van der Waals surface area contributed by atoms with E-state index in [1.165, 1.54) is 0 Å². The molecule has 0 fully saturated rings. The van der Waals surface area contributed by atoms with Crippen LogP contribution < -0.4 is 0 Å². The molecule has 78 valence electrons. The van der Waals surface area contributed by atoms with Crippen molar-refractivity contribution in [2.24, 2.45) is 0 Å². The Hall–Kier alpha value is -0.790. The van der Waals surface area contributed by atoms with Gasteiger partial charge in [-0.3, -0.25) is 4.79 Å². The Balaban J connectivity index is 2.37. The Kier molecular flexibility index (Phi) is 3.13. The zero-order valence-electron chi connectivity index (χ0n) is 8.09. The van der Waals surface area contributed by atoms with Gasteiger partial charge in [-0.15, -0.1) is 0 Å². The normalized spacial score (nSPS) is 15.2. The van der Waals surface area contributed by atoms with Gasteiger partial charge in [0.15, 0.2) is 5.78 Å². The molecular formula is C12H10Cl2O. The van der Waals surface area contributed by atoms with Crippen LogP contribution in [0.3, 0.4) is 0 Å². The number of carbonyl (C=O) groups excluding carboxylic acids is 1. The molecule has 15 heavy (non-hydrogen) atoms. The number of hydrogen-bond donors (Lipinski definition) is 0. The molecule has 0 N–H and O–H groups in total. The molecule has 1 aromatic carbocycles. The van der Waals surface area contributed by atoms with Crippen LogP contribution in [-0.4, -0.2) is 5.78 Å². The highest BCUT2D eigenvalue weighted by Gasteiger charge is 2.18. The number of carbonyl (C=O) groups is 1. The maximum atomic E-state index is 12.0. The van der Waals surface area contributed by atoms with Gasteiger partial charge in [0.05, 0.1) is 10.0 Å². The Morgan fingerprint density at radius 2 is 2.07 bits per heavy atom. The summed E-state index contributed by atoms with van der Waals surface area (Å²) in [6, 6.07) is 5.15. The molecule has 0 amide bonds. The van der Waals surface area contributed by atoms with Crippen LogP contribution in [0, 0.1) is 0 Å². The molecule has 1 aromatic rings. The standard InChI is InChI=1S/C12H10Cl2O/c13-10-7-3-6-9(11(10)14)12(15)8-4-1-2-5-8/h3-4,6-7H,1-2,5H2. The van der Waals surface area contributed by atoms with E-state index in [0.717, 1.165) is 24.8 Å². The van der Waals surface area contributed by atoms with Crippen molar-refractivity contribution in [3.63, 3.8) is 0 Å². The van der Waals surface area contributed by atoms with Crippen LogP contribution in [-0.2, 0) is 0 Å². The van der Waals surface area contributed by atoms with Crippen molar-refractivity contribution in [2.45, 2.75) is 19.3 Å². The van der Waals surface area contributed by atoms with Gasteiger partial charge < -0.3 is 0 Å². The molecule has 0 heterocycles. The lowest BCUT2D eigenvalue weighted by atomic mass is 10.0. The first-order chi connectivity index (χ1) is 7.20. The third-order valence-electron chi connectivity index (χ3n) is 2.53. The van der Waals surface area contributed by atoms with Crippen LogP contribution in [0.4, 0.5) is 0 Å². The van der Waals surface area contributed by atoms with Crippen molar-refractivity contribution in [3.8, 4) is 0 Å². The lowest BCUT2D eigenvalue weighted by molar-refractivity contribution is 0.103. The fourth-order valence-corrected chi connectivity index (χ4v) is 2.12. The van der Waals surface area contributed by atoms with Gasteiger partial charge in [-0.25, -0.2) is 0 Å². The maximum absolute atomic E-state index is 12.0. The van der Waals surface area contributed by atoms with Gasteiger partial charge >= 0.3 is 0 Å². The van der Waals surface area contributed by atoms with Gasteiger partial charge in [0, 0.05) is 5.56 Å². The molecular weight excluding hydrogens is 231 g/mol. The van der Waals surface area contributed by atoms with Crippen molar-refractivity contribution >= 4 is 29.0 Å². The van der Waals surface area contributed by atoms with Gasteiger partial charge in [-0.1, -0.05) is 35.3 Å². The first kappa shape index (κ1) is 10.7. The van der Waals surface area contributed by atoms with E-state index in [1.807, 2.05) is 6.08 Å². The van der Waals surface area contributed by atoms with Crippen molar-refractivity contribution in [2.75, 3.05) is 0 Å². The van der Waals surface area contributed by atoms with Crippen molar-refractivity contribution < 1.29 is 4.79 Å². The minimum atomic E-state index is 0.0139.